The van der Waals surface area contributed by atoms with Gasteiger partial charge in [-0.15, -0.1) is 0 Å². The van der Waals surface area contributed by atoms with E-state index in [4.69, 9.17) is 9.05 Å². The Bertz CT molecular complexity index is 497. The first-order chi connectivity index (χ1) is 10.4. The predicted molar refractivity (Wildman–Crippen MR) is 93.4 cm³/mol. The van der Waals surface area contributed by atoms with Crippen molar-refractivity contribution in [1.82, 2.24) is 0 Å². The van der Waals surface area contributed by atoms with Gasteiger partial charge in [0.15, 0.2) is 0 Å². The first-order valence-electron chi connectivity index (χ1n) is 7.70. The molecule has 0 fully saturated rings. The van der Waals surface area contributed by atoms with E-state index in [-0.39, 0.29) is 0 Å². The third-order valence-electron chi connectivity index (χ3n) is 3.36. The van der Waals surface area contributed by atoms with Gasteiger partial charge in [0.25, 0.3) is 0 Å². The maximum Gasteiger partial charge on any atom is 0.389 e. The molecule has 0 saturated heterocycles. The monoisotopic (exact) mass is 346 g/mol. The highest BCUT2D eigenvalue weighted by Crippen LogP contribution is 2.60. The summed E-state index contributed by atoms with van der Waals surface area (Å²) in [5, 5.41) is 10.2. The minimum Gasteiger partial charge on any atom is -0.388 e. The normalized spacial score (nSPS) is 13.3. The van der Waals surface area contributed by atoms with Gasteiger partial charge in [-0.05, 0) is 68.6 Å². The van der Waals surface area contributed by atoms with E-state index in [1.807, 2.05) is 25.1 Å². The van der Waals surface area contributed by atoms with Gasteiger partial charge in [-0.1, -0.05) is 18.2 Å². The molecule has 0 heterocycles. The molecule has 22 heavy (non-hydrogen) atoms. The third kappa shape index (κ3) is 6.43. The molecule has 0 amide bonds. The highest BCUT2D eigenvalue weighted by atomic mass is 32.7. The van der Waals surface area contributed by atoms with Crippen LogP contribution in [-0.4, -0.2) is 24.1 Å². The number of rotatable bonds is 10. The number of hydrogen-bond acceptors (Lipinski definition) is 5. The fourth-order valence-corrected chi connectivity index (χ4v) is 5.53. The average Bonchev–Trinajstić information content (AvgIpc) is 2.47. The summed E-state index contributed by atoms with van der Waals surface area (Å²) in [6, 6.07) is 6.02. The average molecular weight is 346 g/mol. The number of aliphatic hydroxyl groups excluding tert-OH is 1. The second kappa shape index (κ2) is 9.74. The van der Waals surface area contributed by atoms with Gasteiger partial charge in [0.1, 0.15) is 0 Å². The topological polar surface area (TPSA) is 55.8 Å². The van der Waals surface area contributed by atoms with Gasteiger partial charge in [-0.25, -0.2) is 4.57 Å². The van der Waals surface area contributed by atoms with Crippen molar-refractivity contribution in [2.24, 2.45) is 0 Å². The molecule has 4 nitrogen and oxygen atoms in total. The van der Waals surface area contributed by atoms with Crippen LogP contribution in [0.3, 0.4) is 0 Å². The number of aryl methyl sites for hydroxylation is 2. The standard InChI is InChI=1S/C16H27O4PS/c1-5-19-21(18,20-6-2)22-11-7-8-16(17)15-10-9-13(3)14(4)12-15/h9-10,12,16-17H,5-8,11H2,1-4H3/t16-/m1/s1. The summed E-state index contributed by atoms with van der Waals surface area (Å²) >= 11 is 1.22. The Morgan fingerprint density at radius 3 is 2.36 bits per heavy atom. The van der Waals surface area contributed by atoms with Gasteiger partial charge in [-0.2, -0.15) is 0 Å². The van der Waals surface area contributed by atoms with E-state index in [0.717, 1.165) is 12.0 Å². The van der Waals surface area contributed by atoms with Crippen LogP contribution in [-0.2, 0) is 13.6 Å². The molecule has 0 spiro atoms. The smallest absolute Gasteiger partial charge is 0.388 e. The number of benzene rings is 1. The molecular formula is C16H27O4PS. The predicted octanol–water partition coefficient (Wildman–Crippen LogP) is 5.03. The van der Waals surface area contributed by atoms with E-state index in [1.165, 1.54) is 22.5 Å². The molecule has 6 heteroatoms. The van der Waals surface area contributed by atoms with Crippen LogP contribution in [0.1, 0.15) is 49.5 Å². The van der Waals surface area contributed by atoms with Crippen LogP contribution in [0, 0.1) is 13.8 Å². The molecule has 1 rings (SSSR count). The van der Waals surface area contributed by atoms with E-state index in [1.54, 1.807) is 13.8 Å². The van der Waals surface area contributed by atoms with Gasteiger partial charge < -0.3 is 14.2 Å². The van der Waals surface area contributed by atoms with Crippen LogP contribution >= 0.6 is 18.2 Å². The first kappa shape index (κ1) is 19.7. The Morgan fingerprint density at radius 2 is 1.82 bits per heavy atom. The molecule has 0 saturated carbocycles. The maximum absolute atomic E-state index is 12.3. The molecular weight excluding hydrogens is 319 g/mol. The highest BCUT2D eigenvalue weighted by Gasteiger charge is 2.24. The zero-order chi connectivity index (χ0) is 16.6. The van der Waals surface area contributed by atoms with Crippen molar-refractivity contribution in [3.05, 3.63) is 34.9 Å². The fourth-order valence-electron chi connectivity index (χ4n) is 2.02. The van der Waals surface area contributed by atoms with Crippen LogP contribution < -0.4 is 0 Å². The summed E-state index contributed by atoms with van der Waals surface area (Å²) in [5.74, 6) is 0.638. The molecule has 0 radical (unpaired) electrons. The van der Waals surface area contributed by atoms with Gasteiger partial charge in [0, 0.05) is 5.75 Å². The van der Waals surface area contributed by atoms with Gasteiger partial charge in [0.2, 0.25) is 0 Å². The summed E-state index contributed by atoms with van der Waals surface area (Å²) < 4.78 is 22.7. The largest absolute Gasteiger partial charge is 0.389 e. The zero-order valence-electron chi connectivity index (χ0n) is 13.9. The molecule has 0 bridgehead atoms. The lowest BCUT2D eigenvalue weighted by molar-refractivity contribution is 0.167. The minimum absolute atomic E-state index is 0.371. The highest BCUT2D eigenvalue weighted by molar-refractivity contribution is 8.55. The number of hydrogen-bond donors (Lipinski definition) is 1. The van der Waals surface area contributed by atoms with Crippen LogP contribution in [0.15, 0.2) is 18.2 Å². The molecule has 0 aliphatic carbocycles. The maximum atomic E-state index is 12.3. The van der Waals surface area contributed by atoms with E-state index in [9.17, 15) is 9.67 Å². The SMILES string of the molecule is CCOP(=O)(OCC)SCCC[C@@H](O)c1ccc(C)c(C)c1. The second-order valence-corrected chi connectivity index (χ2v) is 9.31. The van der Waals surface area contributed by atoms with Gasteiger partial charge in [-0.3, -0.25) is 0 Å². The zero-order valence-corrected chi connectivity index (χ0v) is 15.6. The summed E-state index contributed by atoms with van der Waals surface area (Å²) in [6.45, 7) is 5.41. The lowest BCUT2D eigenvalue weighted by atomic mass is 10.0. The van der Waals surface area contributed by atoms with Crippen LogP contribution in [0.4, 0.5) is 0 Å². The van der Waals surface area contributed by atoms with Crippen LogP contribution in [0.25, 0.3) is 0 Å². The summed E-state index contributed by atoms with van der Waals surface area (Å²) in [7, 11) is 0. The van der Waals surface area contributed by atoms with Crippen molar-refractivity contribution in [2.45, 2.75) is 46.6 Å². The summed E-state index contributed by atoms with van der Waals surface area (Å²) in [4.78, 5) is 0. The second-order valence-electron chi connectivity index (χ2n) is 5.12. The molecule has 126 valence electrons. The first-order valence-corrected chi connectivity index (χ1v) is 10.8. The molecule has 1 N–H and O–H groups in total. The van der Waals surface area contributed by atoms with E-state index < -0.39 is 12.9 Å². The van der Waals surface area contributed by atoms with Crippen molar-refractivity contribution in [1.29, 1.82) is 0 Å². The number of aliphatic hydroxyl groups is 1. The molecule has 1 aromatic rings. The van der Waals surface area contributed by atoms with Gasteiger partial charge >= 0.3 is 6.80 Å². The lowest BCUT2D eigenvalue weighted by Gasteiger charge is -2.16. The fraction of sp³-hybridized carbons (Fsp3) is 0.625. The van der Waals surface area contributed by atoms with E-state index >= 15 is 0 Å². The minimum atomic E-state index is -3.03. The Hall–Kier alpha value is -0.320. The van der Waals surface area contributed by atoms with Crippen molar-refractivity contribution < 1.29 is 18.7 Å². The lowest BCUT2D eigenvalue weighted by Crippen LogP contribution is -2.00. The van der Waals surface area contributed by atoms with E-state index in [2.05, 4.69) is 6.92 Å². The molecule has 1 aromatic carbocycles. The molecule has 0 aromatic heterocycles. The Balaban J connectivity index is 2.42. The van der Waals surface area contributed by atoms with Crippen LogP contribution in [0.2, 0.25) is 0 Å². The van der Waals surface area contributed by atoms with Crippen molar-refractivity contribution in [3.8, 4) is 0 Å². The molecule has 0 aliphatic heterocycles. The summed E-state index contributed by atoms with van der Waals surface area (Å²) in [5.41, 5.74) is 3.34. The van der Waals surface area contributed by atoms with Crippen molar-refractivity contribution in [3.63, 3.8) is 0 Å². The molecule has 0 aliphatic rings. The van der Waals surface area contributed by atoms with Crippen molar-refractivity contribution in [2.75, 3.05) is 19.0 Å². The molecule has 0 unspecified atom stereocenters. The Labute approximate surface area is 137 Å². The van der Waals surface area contributed by atoms with Crippen LogP contribution in [0.5, 0.6) is 0 Å². The van der Waals surface area contributed by atoms with Crippen molar-refractivity contribution >= 4 is 18.2 Å². The van der Waals surface area contributed by atoms with E-state index in [0.29, 0.717) is 25.4 Å². The Morgan fingerprint density at radius 1 is 1.18 bits per heavy atom. The summed E-state index contributed by atoms with van der Waals surface area (Å²) in [6.07, 6.45) is 0.898. The third-order valence-corrected chi connectivity index (χ3v) is 7.43. The van der Waals surface area contributed by atoms with Gasteiger partial charge in [0.05, 0.1) is 19.3 Å². The quantitative estimate of drug-likeness (QED) is 0.475. The molecule has 1 atom stereocenters. The Kier molecular flexibility index (Phi) is 8.73.